The van der Waals surface area contributed by atoms with Crippen molar-refractivity contribution in [3.8, 4) is 0 Å². The van der Waals surface area contributed by atoms with Crippen LogP contribution in [0.25, 0.3) is 0 Å². The Kier molecular flexibility index (Phi) is 6.10. The van der Waals surface area contributed by atoms with Crippen molar-refractivity contribution < 1.29 is 14.3 Å². The van der Waals surface area contributed by atoms with Gasteiger partial charge in [-0.2, -0.15) is 0 Å². The van der Waals surface area contributed by atoms with Gasteiger partial charge in [0.1, 0.15) is 12.4 Å². The maximum absolute atomic E-state index is 11.7. The van der Waals surface area contributed by atoms with Gasteiger partial charge in [-0.25, -0.2) is 0 Å². The van der Waals surface area contributed by atoms with Crippen LogP contribution in [0.1, 0.15) is 52.9 Å². The van der Waals surface area contributed by atoms with Crippen molar-refractivity contribution in [2.45, 2.75) is 52.9 Å². The summed E-state index contributed by atoms with van der Waals surface area (Å²) in [7, 11) is 0. The lowest BCUT2D eigenvalue weighted by Gasteiger charge is -2.19. The molecule has 102 valence electrons. The lowest BCUT2D eigenvalue weighted by molar-refractivity contribution is -0.146. The summed E-state index contributed by atoms with van der Waals surface area (Å²) in [6.07, 6.45) is 6.63. The summed E-state index contributed by atoms with van der Waals surface area (Å²) in [6.45, 7) is 5.83. The first-order valence-electron chi connectivity index (χ1n) is 6.80. The fourth-order valence-corrected chi connectivity index (χ4v) is 2.54. The molecule has 1 unspecified atom stereocenters. The molecule has 0 aromatic rings. The zero-order valence-electron chi connectivity index (χ0n) is 11.7. The van der Waals surface area contributed by atoms with Gasteiger partial charge in [-0.3, -0.25) is 9.59 Å². The minimum absolute atomic E-state index is 0.126. The Morgan fingerprint density at radius 1 is 1.22 bits per heavy atom. The van der Waals surface area contributed by atoms with E-state index in [0.29, 0.717) is 12.5 Å². The molecular formula is C15H24O3. The van der Waals surface area contributed by atoms with E-state index in [2.05, 4.69) is 0 Å². The van der Waals surface area contributed by atoms with Crippen molar-refractivity contribution in [1.29, 1.82) is 0 Å². The maximum Gasteiger partial charge on any atom is 0.306 e. The zero-order chi connectivity index (χ0) is 13.5. The van der Waals surface area contributed by atoms with Crippen LogP contribution < -0.4 is 0 Å². The molecule has 0 aliphatic heterocycles. The number of ketones is 1. The number of hydrogen-bond donors (Lipinski definition) is 0. The largest absolute Gasteiger partial charge is 0.461 e. The Bertz CT molecular complexity index is 321. The molecule has 3 heteroatoms. The van der Waals surface area contributed by atoms with Crippen molar-refractivity contribution in [3.63, 3.8) is 0 Å². The topological polar surface area (TPSA) is 43.4 Å². The fourth-order valence-electron chi connectivity index (χ4n) is 2.54. The molecule has 0 heterocycles. The van der Waals surface area contributed by atoms with E-state index in [4.69, 9.17) is 4.74 Å². The van der Waals surface area contributed by atoms with Crippen LogP contribution in [0.2, 0.25) is 0 Å². The van der Waals surface area contributed by atoms with E-state index in [1.165, 1.54) is 12.8 Å². The summed E-state index contributed by atoms with van der Waals surface area (Å²) < 4.78 is 5.13. The van der Waals surface area contributed by atoms with E-state index in [1.807, 2.05) is 19.9 Å². The predicted molar refractivity (Wildman–Crippen MR) is 71.1 cm³/mol. The molecule has 1 fully saturated rings. The molecule has 0 amide bonds. The number of allylic oxidation sites excluding steroid dienone is 1. The minimum Gasteiger partial charge on any atom is -0.461 e. The third-order valence-electron chi connectivity index (χ3n) is 3.61. The number of hydrogen-bond acceptors (Lipinski definition) is 3. The number of carbonyl (C=O) groups is 2. The van der Waals surface area contributed by atoms with Gasteiger partial charge in [-0.1, -0.05) is 18.4 Å². The molecule has 0 saturated heterocycles. The molecule has 1 atom stereocenters. The lowest BCUT2D eigenvalue weighted by atomic mass is 9.85. The SMILES string of the molecule is CC(=O)C(CC(=O)OCC=C(C)C)C1CCCC1. The first kappa shape index (κ1) is 14.9. The highest BCUT2D eigenvalue weighted by atomic mass is 16.5. The standard InChI is InChI=1S/C15H24O3/c1-11(2)8-9-18-15(17)10-14(12(3)16)13-6-4-5-7-13/h8,13-14H,4-7,9-10H2,1-3H3. The number of rotatable bonds is 6. The molecule has 0 radical (unpaired) electrons. The molecule has 18 heavy (non-hydrogen) atoms. The molecule has 1 aliphatic rings. The molecule has 1 saturated carbocycles. The van der Waals surface area contributed by atoms with Gasteiger partial charge in [0.25, 0.3) is 0 Å². The third-order valence-corrected chi connectivity index (χ3v) is 3.61. The van der Waals surface area contributed by atoms with E-state index in [1.54, 1.807) is 6.92 Å². The predicted octanol–water partition coefficient (Wildman–Crippen LogP) is 3.28. The Labute approximate surface area is 110 Å². The third kappa shape index (κ3) is 5.03. The summed E-state index contributed by atoms with van der Waals surface area (Å²) in [4.78, 5) is 23.3. The summed E-state index contributed by atoms with van der Waals surface area (Å²) in [5.41, 5.74) is 1.13. The van der Waals surface area contributed by atoms with Crippen molar-refractivity contribution in [1.82, 2.24) is 0 Å². The second-order valence-electron chi connectivity index (χ2n) is 5.43. The quantitative estimate of drug-likeness (QED) is 0.538. The van der Waals surface area contributed by atoms with Crippen molar-refractivity contribution in [2.24, 2.45) is 11.8 Å². The Morgan fingerprint density at radius 3 is 2.33 bits per heavy atom. The zero-order valence-corrected chi connectivity index (χ0v) is 11.7. The number of esters is 1. The van der Waals surface area contributed by atoms with E-state index < -0.39 is 0 Å². The van der Waals surface area contributed by atoms with Crippen molar-refractivity contribution in [2.75, 3.05) is 6.61 Å². The van der Waals surface area contributed by atoms with Gasteiger partial charge in [0, 0.05) is 5.92 Å². The molecular weight excluding hydrogens is 228 g/mol. The molecule has 0 aromatic heterocycles. The normalized spacial score (nSPS) is 17.3. The molecule has 1 rings (SSSR count). The average molecular weight is 252 g/mol. The van der Waals surface area contributed by atoms with Crippen LogP contribution >= 0.6 is 0 Å². The maximum atomic E-state index is 11.7. The van der Waals surface area contributed by atoms with Crippen LogP contribution in [0, 0.1) is 11.8 Å². The molecule has 0 aromatic carbocycles. The molecule has 0 spiro atoms. The number of Topliss-reactive ketones (excluding diaryl/α,β-unsaturated/α-hetero) is 1. The van der Waals surface area contributed by atoms with Gasteiger partial charge in [0.15, 0.2) is 0 Å². The van der Waals surface area contributed by atoms with Crippen molar-refractivity contribution in [3.05, 3.63) is 11.6 Å². The van der Waals surface area contributed by atoms with Gasteiger partial charge < -0.3 is 4.74 Å². The van der Waals surface area contributed by atoms with Crippen molar-refractivity contribution >= 4 is 11.8 Å². The first-order valence-corrected chi connectivity index (χ1v) is 6.80. The van der Waals surface area contributed by atoms with E-state index in [0.717, 1.165) is 18.4 Å². The van der Waals surface area contributed by atoms with Crippen LogP contribution in [0.15, 0.2) is 11.6 Å². The highest BCUT2D eigenvalue weighted by Gasteiger charge is 2.30. The molecule has 0 N–H and O–H groups in total. The summed E-state index contributed by atoms with van der Waals surface area (Å²) in [6, 6.07) is 0. The smallest absolute Gasteiger partial charge is 0.306 e. The highest BCUT2D eigenvalue weighted by Crippen LogP contribution is 2.33. The van der Waals surface area contributed by atoms with Crippen LogP contribution in [0.4, 0.5) is 0 Å². The fraction of sp³-hybridized carbons (Fsp3) is 0.733. The molecule has 3 nitrogen and oxygen atoms in total. The Balaban J connectivity index is 2.43. The second kappa shape index (κ2) is 7.34. The monoisotopic (exact) mass is 252 g/mol. The Hall–Kier alpha value is -1.12. The number of ether oxygens (including phenoxy) is 1. The van der Waals surface area contributed by atoms with Gasteiger partial charge >= 0.3 is 5.97 Å². The molecule has 1 aliphatic carbocycles. The number of carbonyl (C=O) groups excluding carboxylic acids is 2. The highest BCUT2D eigenvalue weighted by molar-refractivity contribution is 5.83. The molecule has 0 bridgehead atoms. The van der Waals surface area contributed by atoms with Gasteiger partial charge in [-0.05, 0) is 45.6 Å². The average Bonchev–Trinajstić information content (AvgIpc) is 2.78. The lowest BCUT2D eigenvalue weighted by Crippen LogP contribution is -2.24. The van der Waals surface area contributed by atoms with Crippen LogP contribution in [-0.4, -0.2) is 18.4 Å². The summed E-state index contributed by atoms with van der Waals surface area (Å²) in [5.74, 6) is 0.130. The van der Waals surface area contributed by atoms with Gasteiger partial charge in [0.05, 0.1) is 6.42 Å². The summed E-state index contributed by atoms with van der Waals surface area (Å²) >= 11 is 0. The van der Waals surface area contributed by atoms with E-state index in [9.17, 15) is 9.59 Å². The van der Waals surface area contributed by atoms with Crippen LogP contribution in [0.5, 0.6) is 0 Å². The first-order chi connectivity index (χ1) is 8.50. The van der Waals surface area contributed by atoms with E-state index >= 15 is 0 Å². The van der Waals surface area contributed by atoms with Crippen LogP contribution in [0.3, 0.4) is 0 Å². The minimum atomic E-state index is -0.250. The van der Waals surface area contributed by atoms with Gasteiger partial charge in [0.2, 0.25) is 0 Å². The van der Waals surface area contributed by atoms with E-state index in [-0.39, 0.29) is 24.1 Å². The Morgan fingerprint density at radius 2 is 1.83 bits per heavy atom. The second-order valence-corrected chi connectivity index (χ2v) is 5.43. The summed E-state index contributed by atoms with van der Waals surface area (Å²) in [5, 5.41) is 0. The van der Waals surface area contributed by atoms with Crippen LogP contribution in [-0.2, 0) is 14.3 Å². The van der Waals surface area contributed by atoms with Gasteiger partial charge in [-0.15, -0.1) is 0 Å².